The van der Waals surface area contributed by atoms with Gasteiger partial charge in [0.2, 0.25) is 5.91 Å². The average molecular weight is 245 g/mol. The lowest BCUT2D eigenvalue weighted by molar-refractivity contribution is -0.137. The van der Waals surface area contributed by atoms with Crippen molar-refractivity contribution >= 4 is 17.9 Å². The second-order valence-corrected chi connectivity index (χ2v) is 3.63. The summed E-state index contributed by atoms with van der Waals surface area (Å²) in [4.78, 5) is 35.9. The normalized spacial score (nSPS) is 9.59. The molecule has 2 N–H and O–H groups in total. The molecule has 0 heterocycles. The van der Waals surface area contributed by atoms with E-state index < -0.39 is 12.0 Å². The van der Waals surface area contributed by atoms with E-state index in [9.17, 15) is 14.4 Å². The van der Waals surface area contributed by atoms with E-state index in [-0.39, 0.29) is 19.0 Å². The smallest absolute Gasteiger partial charge is 0.323 e. The molecule has 0 aromatic heterocycles. The number of carbonyl (C=O) groups is 3. The second-order valence-electron chi connectivity index (χ2n) is 3.63. The van der Waals surface area contributed by atoms with Crippen molar-refractivity contribution in [3.8, 4) is 0 Å². The molecule has 0 bridgehead atoms. The number of amides is 3. The average Bonchev–Trinajstić information content (AvgIpc) is 2.26. The molecule has 0 aromatic rings. The van der Waals surface area contributed by atoms with Gasteiger partial charge in [0.25, 0.3) is 0 Å². The van der Waals surface area contributed by atoms with Crippen molar-refractivity contribution in [3.63, 3.8) is 0 Å². The van der Waals surface area contributed by atoms with Crippen LogP contribution in [0.25, 0.3) is 0 Å². The Labute approximate surface area is 100 Å². The molecule has 0 aliphatic carbocycles. The van der Waals surface area contributed by atoms with Crippen LogP contribution < -0.4 is 5.32 Å². The molecule has 17 heavy (non-hydrogen) atoms. The van der Waals surface area contributed by atoms with Crippen LogP contribution in [0.2, 0.25) is 0 Å². The molecule has 98 valence electrons. The summed E-state index contributed by atoms with van der Waals surface area (Å²) in [6.45, 7) is 1.84. The number of nitrogens with one attached hydrogen (secondary N) is 1. The first kappa shape index (κ1) is 15.2. The predicted molar refractivity (Wildman–Crippen MR) is 61.6 cm³/mol. The molecule has 0 aliphatic heterocycles. The van der Waals surface area contributed by atoms with Crippen molar-refractivity contribution in [1.29, 1.82) is 0 Å². The number of carboxylic acids is 1. The van der Waals surface area contributed by atoms with Gasteiger partial charge in [0.15, 0.2) is 0 Å². The van der Waals surface area contributed by atoms with Gasteiger partial charge < -0.3 is 20.2 Å². The van der Waals surface area contributed by atoms with Crippen LogP contribution in [0.3, 0.4) is 0 Å². The van der Waals surface area contributed by atoms with E-state index in [1.165, 1.54) is 19.0 Å². The van der Waals surface area contributed by atoms with Crippen LogP contribution in [0.4, 0.5) is 4.79 Å². The number of carboxylic acid groups (broad SMARTS) is 1. The number of rotatable bonds is 6. The fourth-order valence-electron chi connectivity index (χ4n) is 1.28. The highest BCUT2D eigenvalue weighted by molar-refractivity contribution is 5.85. The van der Waals surface area contributed by atoms with Crippen LogP contribution in [-0.4, -0.2) is 66.5 Å². The largest absolute Gasteiger partial charge is 0.480 e. The molecular weight excluding hydrogens is 226 g/mol. The number of aliphatic carboxylic acids is 1. The molecule has 0 saturated heterocycles. The van der Waals surface area contributed by atoms with E-state index in [1.807, 2.05) is 6.92 Å². The fraction of sp³-hybridized carbons (Fsp3) is 0.700. The number of likely N-dealkylation sites (N-methyl/N-ethyl adjacent to an activating group) is 2. The Morgan fingerprint density at radius 2 is 1.82 bits per heavy atom. The standard InChI is InChI=1S/C10H19N3O4/c1-4-5-13(6-8(14)11-2)10(17)12(3)7-9(15)16/h4-7H2,1-3H3,(H,11,14)(H,15,16). The summed E-state index contributed by atoms with van der Waals surface area (Å²) in [5, 5.41) is 11.0. The molecule has 0 spiro atoms. The quantitative estimate of drug-likeness (QED) is 0.665. The number of hydrogen-bond acceptors (Lipinski definition) is 3. The number of carbonyl (C=O) groups excluding carboxylic acids is 2. The van der Waals surface area contributed by atoms with Crippen LogP contribution in [0.15, 0.2) is 0 Å². The zero-order chi connectivity index (χ0) is 13.4. The van der Waals surface area contributed by atoms with Crippen molar-refractivity contribution in [3.05, 3.63) is 0 Å². The van der Waals surface area contributed by atoms with Gasteiger partial charge >= 0.3 is 12.0 Å². The van der Waals surface area contributed by atoms with Gasteiger partial charge in [-0.05, 0) is 6.42 Å². The summed E-state index contributed by atoms with van der Waals surface area (Å²) in [7, 11) is 2.88. The molecule has 7 heteroatoms. The first-order valence-corrected chi connectivity index (χ1v) is 5.34. The molecule has 0 aromatic carbocycles. The molecule has 0 saturated carbocycles. The summed E-state index contributed by atoms with van der Waals surface area (Å²) < 4.78 is 0. The zero-order valence-electron chi connectivity index (χ0n) is 10.4. The van der Waals surface area contributed by atoms with Crippen molar-refractivity contribution < 1.29 is 19.5 Å². The van der Waals surface area contributed by atoms with Crippen LogP contribution in [0.5, 0.6) is 0 Å². The molecule has 3 amide bonds. The third-order valence-corrected chi connectivity index (χ3v) is 2.08. The SMILES string of the molecule is CCCN(CC(=O)NC)C(=O)N(C)CC(=O)O. The molecule has 7 nitrogen and oxygen atoms in total. The van der Waals surface area contributed by atoms with E-state index in [4.69, 9.17) is 5.11 Å². The molecule has 0 fully saturated rings. The Bertz CT molecular complexity index is 293. The van der Waals surface area contributed by atoms with Crippen LogP contribution in [-0.2, 0) is 9.59 Å². The Kier molecular flexibility index (Phi) is 6.69. The van der Waals surface area contributed by atoms with Gasteiger partial charge in [-0.3, -0.25) is 9.59 Å². The van der Waals surface area contributed by atoms with E-state index in [0.29, 0.717) is 13.0 Å². The monoisotopic (exact) mass is 245 g/mol. The van der Waals surface area contributed by atoms with Crippen molar-refractivity contribution in [2.24, 2.45) is 0 Å². The van der Waals surface area contributed by atoms with Gasteiger partial charge in [0.1, 0.15) is 13.1 Å². The number of urea groups is 1. The molecule has 0 rings (SSSR count). The highest BCUT2D eigenvalue weighted by atomic mass is 16.4. The van der Waals surface area contributed by atoms with Crippen LogP contribution in [0, 0.1) is 0 Å². The van der Waals surface area contributed by atoms with Crippen LogP contribution >= 0.6 is 0 Å². The Morgan fingerprint density at radius 1 is 1.24 bits per heavy atom. The number of hydrogen-bond donors (Lipinski definition) is 2. The van der Waals surface area contributed by atoms with Gasteiger partial charge in [-0.25, -0.2) is 4.79 Å². The van der Waals surface area contributed by atoms with E-state index >= 15 is 0 Å². The first-order chi connectivity index (χ1) is 7.92. The lowest BCUT2D eigenvalue weighted by Crippen LogP contribution is -2.47. The predicted octanol–water partition coefficient (Wildman–Crippen LogP) is -0.419. The Morgan fingerprint density at radius 3 is 2.24 bits per heavy atom. The van der Waals surface area contributed by atoms with Gasteiger partial charge in [0.05, 0.1) is 0 Å². The Balaban J connectivity index is 4.52. The second kappa shape index (κ2) is 7.48. The summed E-state index contributed by atoms with van der Waals surface area (Å²) in [5.41, 5.74) is 0. The maximum atomic E-state index is 11.8. The maximum absolute atomic E-state index is 11.8. The Hall–Kier alpha value is -1.79. The lowest BCUT2D eigenvalue weighted by Gasteiger charge is -2.26. The first-order valence-electron chi connectivity index (χ1n) is 5.34. The third kappa shape index (κ3) is 5.74. The van der Waals surface area contributed by atoms with Crippen LogP contribution in [0.1, 0.15) is 13.3 Å². The topological polar surface area (TPSA) is 90.0 Å². The van der Waals surface area contributed by atoms with E-state index in [0.717, 1.165) is 4.90 Å². The molecule has 0 atom stereocenters. The summed E-state index contributed by atoms with van der Waals surface area (Å²) >= 11 is 0. The van der Waals surface area contributed by atoms with Crippen molar-refractivity contribution in [2.75, 3.05) is 33.7 Å². The van der Waals surface area contributed by atoms with E-state index in [2.05, 4.69) is 5.32 Å². The lowest BCUT2D eigenvalue weighted by atomic mass is 10.4. The zero-order valence-corrected chi connectivity index (χ0v) is 10.4. The fourth-order valence-corrected chi connectivity index (χ4v) is 1.28. The van der Waals surface area contributed by atoms with Gasteiger partial charge in [-0.15, -0.1) is 0 Å². The number of nitrogens with zero attached hydrogens (tertiary/aromatic N) is 2. The molecule has 0 aliphatic rings. The summed E-state index contributed by atoms with van der Waals surface area (Å²) in [5.74, 6) is -1.37. The van der Waals surface area contributed by atoms with Gasteiger partial charge in [-0.2, -0.15) is 0 Å². The minimum Gasteiger partial charge on any atom is -0.480 e. The third-order valence-electron chi connectivity index (χ3n) is 2.08. The minimum atomic E-state index is -1.09. The van der Waals surface area contributed by atoms with Gasteiger partial charge in [-0.1, -0.05) is 6.92 Å². The van der Waals surface area contributed by atoms with Crippen molar-refractivity contribution in [2.45, 2.75) is 13.3 Å². The summed E-state index contributed by atoms with van der Waals surface area (Å²) in [6, 6.07) is -0.460. The van der Waals surface area contributed by atoms with Crippen molar-refractivity contribution in [1.82, 2.24) is 15.1 Å². The molecule has 0 radical (unpaired) electrons. The maximum Gasteiger partial charge on any atom is 0.323 e. The molecular formula is C10H19N3O4. The minimum absolute atomic E-state index is 0.0624. The highest BCUT2D eigenvalue weighted by Crippen LogP contribution is 1.98. The highest BCUT2D eigenvalue weighted by Gasteiger charge is 2.20. The van der Waals surface area contributed by atoms with Gasteiger partial charge in [0, 0.05) is 20.6 Å². The summed E-state index contributed by atoms with van der Waals surface area (Å²) in [6.07, 6.45) is 0.698. The van der Waals surface area contributed by atoms with E-state index in [1.54, 1.807) is 0 Å². The molecule has 0 unspecified atom stereocenters.